The van der Waals surface area contributed by atoms with Crippen LogP contribution in [0.2, 0.25) is 0 Å². The van der Waals surface area contributed by atoms with Crippen molar-refractivity contribution in [2.24, 2.45) is 11.3 Å². The summed E-state index contributed by atoms with van der Waals surface area (Å²) in [4.78, 5) is 21.6. The molecule has 33 heavy (non-hydrogen) atoms. The van der Waals surface area contributed by atoms with Gasteiger partial charge in [-0.05, 0) is 24.6 Å². The Labute approximate surface area is 191 Å². The van der Waals surface area contributed by atoms with Crippen LogP contribution in [0.5, 0.6) is 5.75 Å². The van der Waals surface area contributed by atoms with E-state index in [4.69, 9.17) is 9.72 Å². The number of likely N-dealkylation sites (tertiary alicyclic amines) is 1. The molecule has 3 saturated heterocycles. The van der Waals surface area contributed by atoms with Gasteiger partial charge in [-0.25, -0.2) is 9.50 Å². The molecule has 0 aromatic carbocycles. The topological polar surface area (TPSA) is 98.8 Å². The van der Waals surface area contributed by atoms with Crippen LogP contribution in [0.4, 0.5) is 5.82 Å². The number of carbonyl (C=O) groups excluding carboxylic acids is 1. The predicted octanol–water partition coefficient (Wildman–Crippen LogP) is 1.53. The molecule has 0 radical (unpaired) electrons. The smallest absolute Gasteiger partial charge is 0.228 e. The summed E-state index contributed by atoms with van der Waals surface area (Å²) >= 11 is 0. The second-order valence-corrected chi connectivity index (χ2v) is 9.39. The van der Waals surface area contributed by atoms with Gasteiger partial charge in [-0.3, -0.25) is 4.79 Å². The number of hydrogen-bond donors (Lipinski definition) is 1. The normalized spacial score (nSPS) is 19.4. The van der Waals surface area contributed by atoms with Crippen molar-refractivity contribution in [1.82, 2.24) is 24.8 Å². The summed E-state index contributed by atoms with van der Waals surface area (Å²) in [6, 6.07) is 8.16. The van der Waals surface area contributed by atoms with E-state index >= 15 is 0 Å². The molecule has 6 heterocycles. The Morgan fingerprint density at radius 2 is 2.09 bits per heavy atom. The molecular formula is C24H25N7O2. The van der Waals surface area contributed by atoms with Gasteiger partial charge < -0.3 is 19.9 Å². The van der Waals surface area contributed by atoms with Gasteiger partial charge in [0.05, 0.1) is 19.2 Å². The number of rotatable bonds is 4. The number of aromatic nitrogens is 3. The van der Waals surface area contributed by atoms with Crippen LogP contribution in [-0.2, 0) is 4.79 Å². The maximum atomic E-state index is 12.6. The fourth-order valence-corrected chi connectivity index (χ4v) is 5.25. The van der Waals surface area contributed by atoms with Gasteiger partial charge in [0.25, 0.3) is 0 Å². The van der Waals surface area contributed by atoms with Gasteiger partial charge in [-0.1, -0.05) is 0 Å². The monoisotopic (exact) mass is 443 g/mol. The fourth-order valence-electron chi connectivity index (χ4n) is 5.25. The molecule has 6 rings (SSSR count). The van der Waals surface area contributed by atoms with E-state index in [1.807, 2.05) is 24.5 Å². The van der Waals surface area contributed by atoms with Crippen molar-refractivity contribution in [3.8, 4) is 22.9 Å². The Bertz CT molecular complexity index is 1270. The lowest BCUT2D eigenvalue weighted by Gasteiger charge is -2.48. The number of hydrogen-bond acceptors (Lipinski definition) is 7. The highest BCUT2D eigenvalue weighted by atomic mass is 16.5. The highest BCUT2D eigenvalue weighted by molar-refractivity contribution is 5.80. The Hall–Kier alpha value is -3.64. The summed E-state index contributed by atoms with van der Waals surface area (Å²) in [7, 11) is 1.59. The zero-order chi connectivity index (χ0) is 22.6. The number of fused-ring (bicyclic) bond motifs is 1. The van der Waals surface area contributed by atoms with Crippen molar-refractivity contribution in [2.75, 3.05) is 51.3 Å². The Morgan fingerprint density at radius 1 is 1.24 bits per heavy atom. The number of anilines is 1. The second kappa shape index (κ2) is 7.46. The van der Waals surface area contributed by atoms with Crippen LogP contribution in [0.25, 0.3) is 16.6 Å². The molecular weight excluding hydrogens is 418 g/mol. The summed E-state index contributed by atoms with van der Waals surface area (Å²) in [5, 5.41) is 16.8. The van der Waals surface area contributed by atoms with Gasteiger partial charge in [0, 0.05) is 68.2 Å². The van der Waals surface area contributed by atoms with Gasteiger partial charge in [0.15, 0.2) is 0 Å². The number of methoxy groups -OCH3 is 1. The first kappa shape index (κ1) is 20.0. The molecule has 3 fully saturated rings. The van der Waals surface area contributed by atoms with Gasteiger partial charge in [-0.15, -0.1) is 0 Å². The number of nitrogens with one attached hydrogen (secondary N) is 1. The van der Waals surface area contributed by atoms with Gasteiger partial charge >= 0.3 is 0 Å². The summed E-state index contributed by atoms with van der Waals surface area (Å²) in [6.45, 7) is 5.27. The number of ether oxygens (including phenoxy) is 1. The molecule has 1 spiro atoms. The van der Waals surface area contributed by atoms with Crippen LogP contribution in [-0.4, -0.2) is 71.8 Å². The van der Waals surface area contributed by atoms with Crippen molar-refractivity contribution in [3.05, 3.63) is 42.4 Å². The van der Waals surface area contributed by atoms with E-state index in [1.54, 1.807) is 17.8 Å². The Morgan fingerprint density at radius 3 is 2.76 bits per heavy atom. The maximum Gasteiger partial charge on any atom is 0.228 e. The van der Waals surface area contributed by atoms with Gasteiger partial charge in [0.2, 0.25) is 5.91 Å². The van der Waals surface area contributed by atoms with E-state index in [1.165, 1.54) is 0 Å². The Balaban J connectivity index is 1.15. The average Bonchev–Trinajstić information content (AvgIpc) is 3.41. The lowest BCUT2D eigenvalue weighted by atomic mass is 9.79. The van der Waals surface area contributed by atoms with Gasteiger partial charge in [-0.2, -0.15) is 10.4 Å². The molecule has 1 N–H and O–H groups in total. The first-order valence-electron chi connectivity index (χ1n) is 11.3. The SMILES string of the molecule is COc1cc(-c2ccc(N3CC4(CCN(C(=O)C5CNC5)C4)C3)nc2)cn2ncc(C#N)c12. The second-order valence-electron chi connectivity index (χ2n) is 9.39. The first-order valence-corrected chi connectivity index (χ1v) is 11.3. The van der Waals surface area contributed by atoms with Crippen LogP contribution < -0.4 is 15.0 Å². The van der Waals surface area contributed by atoms with Crippen molar-refractivity contribution >= 4 is 17.2 Å². The molecule has 3 aliphatic heterocycles. The minimum Gasteiger partial charge on any atom is -0.494 e. The maximum absolute atomic E-state index is 12.6. The van der Waals surface area contributed by atoms with Crippen LogP contribution >= 0.6 is 0 Å². The van der Waals surface area contributed by atoms with E-state index in [0.29, 0.717) is 22.7 Å². The van der Waals surface area contributed by atoms with E-state index in [2.05, 4.69) is 32.4 Å². The van der Waals surface area contributed by atoms with Crippen molar-refractivity contribution < 1.29 is 9.53 Å². The van der Waals surface area contributed by atoms with E-state index in [-0.39, 0.29) is 11.3 Å². The largest absolute Gasteiger partial charge is 0.494 e. The van der Waals surface area contributed by atoms with Crippen molar-refractivity contribution in [1.29, 1.82) is 5.26 Å². The molecule has 0 saturated carbocycles. The van der Waals surface area contributed by atoms with E-state index < -0.39 is 0 Å². The number of nitrogens with zero attached hydrogens (tertiary/aromatic N) is 6. The Kier molecular flexibility index (Phi) is 4.52. The lowest BCUT2D eigenvalue weighted by molar-refractivity contribution is -0.136. The summed E-state index contributed by atoms with van der Waals surface area (Å²) in [6.07, 6.45) is 6.37. The van der Waals surface area contributed by atoms with Crippen LogP contribution in [0, 0.1) is 22.7 Å². The van der Waals surface area contributed by atoms with Gasteiger partial charge in [0.1, 0.15) is 28.7 Å². The van der Waals surface area contributed by atoms with Crippen molar-refractivity contribution in [2.45, 2.75) is 6.42 Å². The van der Waals surface area contributed by atoms with Crippen LogP contribution in [0.1, 0.15) is 12.0 Å². The summed E-state index contributed by atoms with van der Waals surface area (Å²) in [5.74, 6) is 2.05. The molecule has 9 heteroatoms. The van der Waals surface area contributed by atoms with E-state index in [0.717, 1.165) is 62.6 Å². The minimum atomic E-state index is 0.177. The molecule has 168 valence electrons. The fraction of sp³-hybridized carbons (Fsp3) is 0.417. The molecule has 1 amide bonds. The molecule has 0 atom stereocenters. The zero-order valence-electron chi connectivity index (χ0n) is 18.5. The highest BCUT2D eigenvalue weighted by Gasteiger charge is 2.50. The third-order valence-electron chi connectivity index (χ3n) is 7.26. The molecule has 3 aromatic heterocycles. The third kappa shape index (κ3) is 3.21. The number of amides is 1. The standard InChI is InChI=1S/C24H25N7O2/c1-33-20-6-17(12-31-22(20)18(7-25)11-28-31)16-2-3-21(27-10-16)30-14-24(15-30)4-5-29(13-24)23(32)19-8-26-9-19/h2-3,6,10-12,19,26H,4-5,8-9,13-15H2,1H3. The molecule has 3 aliphatic rings. The number of pyridine rings is 2. The minimum absolute atomic E-state index is 0.177. The number of nitriles is 1. The van der Waals surface area contributed by atoms with Crippen LogP contribution in [0.15, 0.2) is 36.8 Å². The molecule has 9 nitrogen and oxygen atoms in total. The summed E-state index contributed by atoms with van der Waals surface area (Å²) < 4.78 is 7.18. The molecule has 0 unspecified atom stereocenters. The summed E-state index contributed by atoms with van der Waals surface area (Å²) in [5.41, 5.74) is 3.23. The van der Waals surface area contributed by atoms with E-state index in [9.17, 15) is 10.1 Å². The first-order chi connectivity index (χ1) is 16.1. The van der Waals surface area contributed by atoms with Crippen molar-refractivity contribution in [3.63, 3.8) is 0 Å². The molecule has 0 bridgehead atoms. The highest BCUT2D eigenvalue weighted by Crippen LogP contribution is 2.42. The predicted molar refractivity (Wildman–Crippen MR) is 122 cm³/mol. The van der Waals surface area contributed by atoms with Crippen LogP contribution in [0.3, 0.4) is 0 Å². The molecule has 0 aliphatic carbocycles. The quantitative estimate of drug-likeness (QED) is 0.653. The number of carbonyl (C=O) groups is 1. The lowest BCUT2D eigenvalue weighted by Crippen LogP contribution is -2.59. The zero-order valence-corrected chi connectivity index (χ0v) is 18.5. The average molecular weight is 444 g/mol. The third-order valence-corrected chi connectivity index (χ3v) is 7.26. The molecule has 3 aromatic rings.